The Bertz CT molecular complexity index is 516. The average molecular weight is 330 g/mol. The first-order valence-corrected chi connectivity index (χ1v) is 10.3. The molecular formula is C14H23N2O3PS. The number of nitrogens with one attached hydrogen (secondary N) is 1. The van der Waals surface area contributed by atoms with Crippen LogP contribution in [0.4, 0.5) is 0 Å². The summed E-state index contributed by atoms with van der Waals surface area (Å²) in [6.07, 6.45) is 6.22. The lowest BCUT2D eigenvalue weighted by atomic mass is 10.1. The van der Waals surface area contributed by atoms with Gasteiger partial charge in [0.15, 0.2) is 6.23 Å². The number of aliphatic hydroxyl groups is 2. The van der Waals surface area contributed by atoms with Gasteiger partial charge in [-0.3, -0.25) is 0 Å². The molecule has 2 aliphatic rings. The lowest BCUT2D eigenvalue weighted by Gasteiger charge is -2.33. The minimum Gasteiger partial charge on any atom is -0.388 e. The topological polar surface area (TPSA) is 65.0 Å². The molecule has 2 heterocycles. The summed E-state index contributed by atoms with van der Waals surface area (Å²) < 4.78 is 5.85. The Morgan fingerprint density at radius 3 is 2.67 bits per heavy atom. The highest BCUT2D eigenvalue weighted by Crippen LogP contribution is 2.38. The number of nitrogens with zero attached hydrogens (tertiary/aromatic N) is 1. The van der Waals surface area contributed by atoms with E-state index in [-0.39, 0.29) is 6.10 Å². The van der Waals surface area contributed by atoms with Gasteiger partial charge in [0.2, 0.25) is 0 Å². The monoisotopic (exact) mass is 330 g/mol. The summed E-state index contributed by atoms with van der Waals surface area (Å²) >= 11 is 5.03. The van der Waals surface area contributed by atoms with Gasteiger partial charge in [0.25, 0.3) is 0 Å². The van der Waals surface area contributed by atoms with Crippen molar-refractivity contribution in [2.45, 2.75) is 31.0 Å². The molecule has 0 radical (unpaired) electrons. The molecule has 118 valence electrons. The van der Waals surface area contributed by atoms with Gasteiger partial charge in [0.05, 0.1) is 6.10 Å². The van der Waals surface area contributed by atoms with E-state index in [1.54, 1.807) is 17.2 Å². The number of ether oxygens (including phenoxy) is 1. The number of rotatable bonds is 4. The Morgan fingerprint density at radius 1 is 1.43 bits per heavy atom. The van der Waals surface area contributed by atoms with E-state index in [4.69, 9.17) is 17.0 Å². The zero-order valence-corrected chi connectivity index (χ0v) is 14.1. The molecule has 5 nitrogen and oxygen atoms in total. The molecule has 0 bridgehead atoms. The van der Waals surface area contributed by atoms with Crippen LogP contribution in [0.25, 0.3) is 0 Å². The summed E-state index contributed by atoms with van der Waals surface area (Å²) in [6, 6.07) is 0. The smallest absolute Gasteiger partial charge is 0.164 e. The predicted molar refractivity (Wildman–Crippen MR) is 91.9 cm³/mol. The fourth-order valence-electron chi connectivity index (χ4n) is 2.40. The molecule has 3 N–H and O–H groups in total. The molecular weight excluding hydrogens is 307 g/mol. The zero-order valence-electron chi connectivity index (χ0n) is 12.4. The molecule has 2 aliphatic heterocycles. The van der Waals surface area contributed by atoms with Crippen LogP contribution >= 0.6 is 19.1 Å². The standard InChI is InChI=1S/C14H23N2O3PS/c1-9-15-11(21)5-7-16(9)14-13(18)12(17)10(19-14)6-8-20(2,3)4/h5,7,10,12-14,17-18H,1-2,6,8H2,3-4H3,(H,15,21)/t10?,12-,13-,14-/m1/s1. The van der Waals surface area contributed by atoms with E-state index in [1.807, 2.05) is 0 Å². The van der Waals surface area contributed by atoms with E-state index in [2.05, 4.69) is 31.5 Å². The van der Waals surface area contributed by atoms with Crippen molar-refractivity contribution in [1.82, 2.24) is 10.2 Å². The van der Waals surface area contributed by atoms with Crippen molar-refractivity contribution in [3.05, 3.63) is 24.7 Å². The van der Waals surface area contributed by atoms with Crippen LogP contribution in [0.3, 0.4) is 0 Å². The Morgan fingerprint density at radius 2 is 2.10 bits per heavy atom. The van der Waals surface area contributed by atoms with Crippen LogP contribution in [-0.4, -0.2) is 70.4 Å². The summed E-state index contributed by atoms with van der Waals surface area (Å²) in [5.74, 6) is 0.532. The van der Waals surface area contributed by atoms with Gasteiger partial charge >= 0.3 is 0 Å². The third kappa shape index (κ3) is 3.96. The van der Waals surface area contributed by atoms with Crippen molar-refractivity contribution in [3.63, 3.8) is 0 Å². The van der Waals surface area contributed by atoms with E-state index >= 15 is 0 Å². The Balaban J connectivity index is 2.06. The second kappa shape index (κ2) is 6.23. The summed E-state index contributed by atoms with van der Waals surface area (Å²) in [5.41, 5.74) is 0. The molecule has 1 saturated heterocycles. The highest BCUT2D eigenvalue weighted by atomic mass is 32.1. The largest absolute Gasteiger partial charge is 0.388 e. The van der Waals surface area contributed by atoms with Crippen molar-refractivity contribution < 1.29 is 14.9 Å². The molecule has 1 fully saturated rings. The lowest BCUT2D eigenvalue weighted by Crippen LogP contribution is -2.46. The van der Waals surface area contributed by atoms with Crippen LogP contribution in [0.2, 0.25) is 0 Å². The molecule has 21 heavy (non-hydrogen) atoms. The van der Waals surface area contributed by atoms with Gasteiger partial charge in [0, 0.05) is 6.20 Å². The maximum absolute atomic E-state index is 10.2. The molecule has 1 unspecified atom stereocenters. The second-order valence-electron chi connectivity index (χ2n) is 6.15. The molecule has 7 heteroatoms. The third-order valence-electron chi connectivity index (χ3n) is 3.60. The van der Waals surface area contributed by atoms with Crippen molar-refractivity contribution in [2.75, 3.05) is 19.5 Å². The molecule has 0 aromatic heterocycles. The van der Waals surface area contributed by atoms with Gasteiger partial charge in [-0.25, -0.2) is 0 Å². The Labute approximate surface area is 131 Å². The molecule has 2 rings (SSSR count). The fraction of sp³-hybridized carbons (Fsp3) is 0.571. The number of aliphatic hydroxyl groups excluding tert-OH is 2. The number of hydrogen-bond donors (Lipinski definition) is 3. The maximum atomic E-state index is 10.2. The lowest BCUT2D eigenvalue weighted by molar-refractivity contribution is -0.0590. The summed E-state index contributed by atoms with van der Waals surface area (Å²) in [5, 5.41) is 23.3. The number of hydrogen-bond acceptors (Lipinski definition) is 5. The number of thiocarbonyl (C=S) groups is 1. The quantitative estimate of drug-likeness (QED) is 0.522. The SMILES string of the molecule is C=C1NC(=S)C=CN1[C@@H]1OC(CCP(=C)(C)C)[C@@H](O)[C@H]1O. The molecule has 0 aliphatic carbocycles. The highest BCUT2D eigenvalue weighted by molar-refractivity contribution is 7.80. The van der Waals surface area contributed by atoms with E-state index in [1.165, 1.54) is 0 Å². The van der Waals surface area contributed by atoms with Crippen molar-refractivity contribution >= 4 is 30.4 Å². The predicted octanol–water partition coefficient (Wildman–Crippen LogP) is 0.750. The normalized spacial score (nSPS) is 33.4. The van der Waals surface area contributed by atoms with Crippen LogP contribution in [0.1, 0.15) is 6.42 Å². The average Bonchev–Trinajstić information content (AvgIpc) is 2.64. The van der Waals surface area contributed by atoms with Crippen LogP contribution in [0.15, 0.2) is 24.7 Å². The molecule has 0 spiro atoms. The minimum atomic E-state index is -1.18. The Kier molecular flexibility index (Phi) is 4.96. The minimum absolute atomic E-state index is 0.388. The van der Waals surface area contributed by atoms with Crippen LogP contribution in [-0.2, 0) is 4.74 Å². The van der Waals surface area contributed by atoms with Crippen molar-refractivity contribution in [1.29, 1.82) is 0 Å². The van der Waals surface area contributed by atoms with Gasteiger partial charge in [0.1, 0.15) is 23.0 Å². The van der Waals surface area contributed by atoms with Gasteiger partial charge in [-0.15, -0.1) is 13.2 Å². The first kappa shape index (κ1) is 16.7. The van der Waals surface area contributed by atoms with E-state index < -0.39 is 25.3 Å². The van der Waals surface area contributed by atoms with Crippen molar-refractivity contribution in [2.24, 2.45) is 0 Å². The van der Waals surface area contributed by atoms with Crippen LogP contribution < -0.4 is 5.32 Å². The first-order valence-electron chi connectivity index (χ1n) is 6.84. The first-order chi connectivity index (χ1) is 9.69. The molecule has 0 aromatic rings. The summed E-state index contributed by atoms with van der Waals surface area (Å²) in [6.45, 7) is 6.96. The molecule has 4 atom stereocenters. The molecule has 0 saturated carbocycles. The maximum Gasteiger partial charge on any atom is 0.164 e. The van der Waals surface area contributed by atoms with Gasteiger partial charge in [-0.1, -0.05) is 18.8 Å². The van der Waals surface area contributed by atoms with E-state index in [0.29, 0.717) is 17.2 Å². The van der Waals surface area contributed by atoms with E-state index in [9.17, 15) is 10.2 Å². The summed E-state index contributed by atoms with van der Waals surface area (Å²) in [7, 11) is 0. The highest BCUT2D eigenvalue weighted by Gasteiger charge is 2.45. The van der Waals surface area contributed by atoms with Gasteiger partial charge < -0.3 is 25.2 Å². The third-order valence-corrected chi connectivity index (χ3v) is 5.30. The van der Waals surface area contributed by atoms with Crippen molar-refractivity contribution in [3.8, 4) is 0 Å². The fourth-order valence-corrected chi connectivity index (χ4v) is 3.53. The second-order valence-corrected chi connectivity index (χ2v) is 10.9. The van der Waals surface area contributed by atoms with Crippen LogP contribution in [0, 0.1) is 0 Å². The van der Waals surface area contributed by atoms with Gasteiger partial charge in [-0.05, 0) is 32.0 Å². The van der Waals surface area contributed by atoms with E-state index in [0.717, 1.165) is 6.16 Å². The Hall–Kier alpha value is -0.650. The van der Waals surface area contributed by atoms with Crippen LogP contribution in [0.5, 0.6) is 0 Å². The molecule has 0 aromatic carbocycles. The summed E-state index contributed by atoms with van der Waals surface area (Å²) in [4.78, 5) is 2.22. The van der Waals surface area contributed by atoms with Gasteiger partial charge in [-0.2, -0.15) is 0 Å². The zero-order chi connectivity index (χ0) is 15.8. The molecule has 0 amide bonds.